The van der Waals surface area contributed by atoms with Crippen LogP contribution in [-0.2, 0) is 12.0 Å². The summed E-state index contributed by atoms with van der Waals surface area (Å²) in [5.74, 6) is 0. The second-order valence-electron chi connectivity index (χ2n) is 6.34. The van der Waals surface area contributed by atoms with Gasteiger partial charge in [-0.1, -0.05) is 47.5 Å². The van der Waals surface area contributed by atoms with Crippen LogP contribution in [0.1, 0.15) is 40.3 Å². The van der Waals surface area contributed by atoms with Crippen molar-refractivity contribution in [2.75, 3.05) is 0 Å². The van der Waals surface area contributed by atoms with E-state index in [0.717, 1.165) is 6.42 Å². The first-order valence-corrected chi connectivity index (χ1v) is 7.22. The van der Waals surface area contributed by atoms with Gasteiger partial charge in [-0.15, -0.1) is 0 Å². The number of benzene rings is 2. The molecule has 20 heavy (non-hydrogen) atoms. The molecule has 2 rings (SSSR count). The van der Waals surface area contributed by atoms with Crippen LogP contribution in [0.3, 0.4) is 0 Å². The molecule has 0 spiro atoms. The molecule has 0 radical (unpaired) electrons. The SMILES string of the molecule is Cc1ccc(C(C)(N)Cc2c(C)cc(C)cc2C)cc1. The van der Waals surface area contributed by atoms with Crippen LogP contribution in [0.4, 0.5) is 0 Å². The predicted octanol–water partition coefficient (Wildman–Crippen LogP) is 4.34. The van der Waals surface area contributed by atoms with Crippen LogP contribution in [0, 0.1) is 27.7 Å². The lowest BCUT2D eigenvalue weighted by molar-refractivity contribution is 0.489. The first kappa shape index (κ1) is 14.8. The predicted molar refractivity (Wildman–Crippen MR) is 87.1 cm³/mol. The molecule has 1 nitrogen and oxygen atoms in total. The van der Waals surface area contributed by atoms with E-state index in [0.29, 0.717) is 0 Å². The van der Waals surface area contributed by atoms with E-state index >= 15 is 0 Å². The van der Waals surface area contributed by atoms with Crippen LogP contribution in [0.25, 0.3) is 0 Å². The molecule has 0 heterocycles. The zero-order valence-electron chi connectivity index (χ0n) is 13.2. The van der Waals surface area contributed by atoms with E-state index in [1.807, 2.05) is 0 Å². The molecule has 2 aromatic rings. The lowest BCUT2D eigenvalue weighted by Crippen LogP contribution is -2.36. The molecule has 0 aliphatic rings. The van der Waals surface area contributed by atoms with Crippen molar-refractivity contribution in [3.63, 3.8) is 0 Å². The topological polar surface area (TPSA) is 26.0 Å². The minimum absolute atomic E-state index is 0.335. The monoisotopic (exact) mass is 267 g/mol. The first-order chi connectivity index (χ1) is 9.29. The summed E-state index contributed by atoms with van der Waals surface area (Å²) in [5, 5.41) is 0. The molecular formula is C19H25N. The molecule has 0 saturated heterocycles. The Bertz CT molecular complexity index is 583. The van der Waals surface area contributed by atoms with Crippen LogP contribution >= 0.6 is 0 Å². The summed E-state index contributed by atoms with van der Waals surface area (Å²) in [6.45, 7) is 10.7. The molecule has 0 aliphatic carbocycles. The van der Waals surface area contributed by atoms with E-state index in [1.165, 1.54) is 33.4 Å². The lowest BCUT2D eigenvalue weighted by atomic mass is 9.83. The Hall–Kier alpha value is -1.60. The van der Waals surface area contributed by atoms with Gasteiger partial charge in [0.05, 0.1) is 0 Å². The van der Waals surface area contributed by atoms with Crippen molar-refractivity contribution in [2.24, 2.45) is 5.73 Å². The van der Waals surface area contributed by atoms with Crippen molar-refractivity contribution in [3.05, 3.63) is 69.8 Å². The van der Waals surface area contributed by atoms with Gasteiger partial charge in [-0.25, -0.2) is 0 Å². The summed E-state index contributed by atoms with van der Waals surface area (Å²) < 4.78 is 0. The van der Waals surface area contributed by atoms with Gasteiger partial charge in [0.15, 0.2) is 0 Å². The van der Waals surface area contributed by atoms with E-state index in [1.54, 1.807) is 0 Å². The van der Waals surface area contributed by atoms with E-state index in [2.05, 4.69) is 71.0 Å². The average molecular weight is 267 g/mol. The van der Waals surface area contributed by atoms with Crippen LogP contribution in [0.2, 0.25) is 0 Å². The number of hydrogen-bond donors (Lipinski definition) is 1. The second kappa shape index (κ2) is 5.41. The van der Waals surface area contributed by atoms with Crippen molar-refractivity contribution in [3.8, 4) is 0 Å². The third-order valence-corrected chi connectivity index (χ3v) is 4.10. The Morgan fingerprint density at radius 2 is 1.35 bits per heavy atom. The zero-order valence-corrected chi connectivity index (χ0v) is 13.2. The largest absolute Gasteiger partial charge is 0.321 e. The molecule has 0 amide bonds. The quantitative estimate of drug-likeness (QED) is 0.879. The fourth-order valence-electron chi connectivity index (χ4n) is 2.89. The van der Waals surface area contributed by atoms with E-state index in [-0.39, 0.29) is 5.54 Å². The molecule has 1 atom stereocenters. The smallest absolute Gasteiger partial charge is 0.0422 e. The molecular weight excluding hydrogens is 242 g/mol. The van der Waals surface area contributed by atoms with Crippen LogP contribution in [0.5, 0.6) is 0 Å². The van der Waals surface area contributed by atoms with Gasteiger partial charge in [-0.3, -0.25) is 0 Å². The van der Waals surface area contributed by atoms with Crippen molar-refractivity contribution in [1.29, 1.82) is 0 Å². The molecule has 0 bridgehead atoms. The van der Waals surface area contributed by atoms with E-state index in [4.69, 9.17) is 5.73 Å². The number of hydrogen-bond acceptors (Lipinski definition) is 1. The Morgan fingerprint density at radius 1 is 0.850 bits per heavy atom. The summed E-state index contributed by atoms with van der Waals surface area (Å²) in [7, 11) is 0. The van der Waals surface area contributed by atoms with Gasteiger partial charge in [0.25, 0.3) is 0 Å². The van der Waals surface area contributed by atoms with Gasteiger partial charge in [0, 0.05) is 5.54 Å². The van der Waals surface area contributed by atoms with Gasteiger partial charge < -0.3 is 5.73 Å². The molecule has 2 aromatic carbocycles. The summed E-state index contributed by atoms with van der Waals surface area (Å²) >= 11 is 0. The minimum atomic E-state index is -0.335. The maximum absolute atomic E-state index is 6.60. The second-order valence-corrected chi connectivity index (χ2v) is 6.34. The fraction of sp³-hybridized carbons (Fsp3) is 0.368. The fourth-order valence-corrected chi connectivity index (χ4v) is 2.89. The highest BCUT2D eigenvalue weighted by Gasteiger charge is 2.23. The van der Waals surface area contributed by atoms with E-state index < -0.39 is 0 Å². The number of nitrogens with two attached hydrogens (primary N) is 1. The van der Waals surface area contributed by atoms with Crippen molar-refractivity contribution < 1.29 is 0 Å². The first-order valence-electron chi connectivity index (χ1n) is 7.22. The number of rotatable bonds is 3. The van der Waals surface area contributed by atoms with Crippen LogP contribution < -0.4 is 5.73 Å². The van der Waals surface area contributed by atoms with Gasteiger partial charge in [-0.2, -0.15) is 0 Å². The zero-order chi connectivity index (χ0) is 14.9. The third-order valence-electron chi connectivity index (χ3n) is 4.10. The van der Waals surface area contributed by atoms with Gasteiger partial charge >= 0.3 is 0 Å². The van der Waals surface area contributed by atoms with Crippen LogP contribution in [-0.4, -0.2) is 0 Å². The Balaban J connectivity index is 2.35. The Morgan fingerprint density at radius 3 is 1.85 bits per heavy atom. The third kappa shape index (κ3) is 3.10. The van der Waals surface area contributed by atoms with Crippen LogP contribution in [0.15, 0.2) is 36.4 Å². The van der Waals surface area contributed by atoms with Gasteiger partial charge in [0.2, 0.25) is 0 Å². The number of aryl methyl sites for hydroxylation is 4. The Kier molecular flexibility index (Phi) is 4.01. The Labute approximate surface area is 122 Å². The molecule has 2 N–H and O–H groups in total. The average Bonchev–Trinajstić information content (AvgIpc) is 2.34. The standard InChI is InChI=1S/C19H25N/c1-13-6-8-17(9-7-13)19(5,20)12-18-15(3)10-14(2)11-16(18)4/h6-11H,12,20H2,1-5H3. The summed E-state index contributed by atoms with van der Waals surface area (Å²) in [5.41, 5.74) is 14.1. The normalized spacial score (nSPS) is 14.1. The molecule has 0 aromatic heterocycles. The highest BCUT2D eigenvalue weighted by Crippen LogP contribution is 2.27. The minimum Gasteiger partial charge on any atom is -0.321 e. The molecule has 106 valence electrons. The molecule has 1 unspecified atom stereocenters. The highest BCUT2D eigenvalue weighted by molar-refractivity contribution is 5.40. The van der Waals surface area contributed by atoms with Gasteiger partial charge in [-0.05, 0) is 63.3 Å². The molecule has 0 saturated carbocycles. The van der Waals surface area contributed by atoms with Crippen molar-refractivity contribution >= 4 is 0 Å². The molecule has 0 fully saturated rings. The summed E-state index contributed by atoms with van der Waals surface area (Å²) in [6.07, 6.45) is 0.869. The lowest BCUT2D eigenvalue weighted by Gasteiger charge is -2.27. The highest BCUT2D eigenvalue weighted by atomic mass is 14.7. The maximum atomic E-state index is 6.60. The molecule has 0 aliphatic heterocycles. The van der Waals surface area contributed by atoms with Gasteiger partial charge in [0.1, 0.15) is 0 Å². The summed E-state index contributed by atoms with van der Waals surface area (Å²) in [4.78, 5) is 0. The van der Waals surface area contributed by atoms with Crippen molar-refractivity contribution in [2.45, 2.75) is 46.6 Å². The maximum Gasteiger partial charge on any atom is 0.0422 e. The summed E-state index contributed by atoms with van der Waals surface area (Å²) in [6, 6.07) is 13.0. The van der Waals surface area contributed by atoms with E-state index in [9.17, 15) is 0 Å². The molecule has 1 heteroatoms. The van der Waals surface area contributed by atoms with Crippen molar-refractivity contribution in [1.82, 2.24) is 0 Å².